The Balaban J connectivity index is 1.50. The molecule has 3 aromatic carbocycles. The number of hydrogen-bond donors (Lipinski definition) is 3. The largest absolute Gasteiger partial charge is 0.397 e. The first-order valence-electron chi connectivity index (χ1n) is 10.7. The summed E-state index contributed by atoms with van der Waals surface area (Å²) in [5.74, 6) is -0.402. The van der Waals surface area contributed by atoms with Gasteiger partial charge in [-0.05, 0) is 54.3 Å². The summed E-state index contributed by atoms with van der Waals surface area (Å²) in [6.45, 7) is 0. The minimum Gasteiger partial charge on any atom is -0.397 e. The van der Waals surface area contributed by atoms with Crippen molar-refractivity contribution in [3.63, 3.8) is 0 Å². The Morgan fingerprint density at radius 1 is 0.909 bits per heavy atom. The van der Waals surface area contributed by atoms with Crippen molar-refractivity contribution in [2.45, 2.75) is 18.9 Å². The molecule has 1 aliphatic carbocycles. The van der Waals surface area contributed by atoms with Crippen LogP contribution in [0.4, 0.5) is 11.4 Å². The summed E-state index contributed by atoms with van der Waals surface area (Å²) in [6, 6.07) is 22.2. The summed E-state index contributed by atoms with van der Waals surface area (Å²) in [7, 11) is 0. The number of carbonyl (C=O) groups is 2. The summed E-state index contributed by atoms with van der Waals surface area (Å²) >= 11 is 6.37. The summed E-state index contributed by atoms with van der Waals surface area (Å²) in [5, 5.41) is 6.32. The Morgan fingerprint density at radius 3 is 2.27 bits per heavy atom. The maximum atomic E-state index is 12.9. The predicted octanol–water partition coefficient (Wildman–Crippen LogP) is 5.39. The molecular weight excluding hydrogens is 434 g/mol. The number of nitrogen functional groups attached to an aromatic ring is 1. The van der Waals surface area contributed by atoms with E-state index in [1.54, 1.807) is 24.3 Å². The van der Waals surface area contributed by atoms with Gasteiger partial charge in [-0.2, -0.15) is 0 Å². The zero-order valence-corrected chi connectivity index (χ0v) is 18.7. The predicted molar refractivity (Wildman–Crippen MR) is 135 cm³/mol. The van der Waals surface area contributed by atoms with E-state index in [9.17, 15) is 9.59 Å². The van der Waals surface area contributed by atoms with Gasteiger partial charge in [0.05, 0.1) is 11.4 Å². The van der Waals surface area contributed by atoms with Gasteiger partial charge in [-0.15, -0.1) is 0 Å². The van der Waals surface area contributed by atoms with Gasteiger partial charge >= 0.3 is 0 Å². The van der Waals surface area contributed by atoms with Crippen LogP contribution >= 0.6 is 11.6 Å². The topological polar surface area (TPSA) is 84.2 Å². The number of carbonyl (C=O) groups excluding carboxylic acids is 2. The average Bonchev–Trinajstić information content (AvgIpc) is 3.63. The summed E-state index contributed by atoms with van der Waals surface area (Å²) in [5.41, 5.74) is 9.86. The number of halogens is 1. The van der Waals surface area contributed by atoms with Crippen LogP contribution in [0.5, 0.6) is 0 Å². The van der Waals surface area contributed by atoms with Gasteiger partial charge in [-0.25, -0.2) is 0 Å². The van der Waals surface area contributed by atoms with Crippen LogP contribution in [0.2, 0.25) is 5.02 Å². The van der Waals surface area contributed by atoms with Crippen molar-refractivity contribution in [3.05, 3.63) is 101 Å². The molecule has 0 saturated heterocycles. The second kappa shape index (κ2) is 10.2. The van der Waals surface area contributed by atoms with Gasteiger partial charge < -0.3 is 16.4 Å². The van der Waals surface area contributed by atoms with E-state index >= 15 is 0 Å². The van der Waals surface area contributed by atoms with Crippen LogP contribution in [0, 0.1) is 0 Å². The van der Waals surface area contributed by atoms with Crippen LogP contribution in [0.1, 0.15) is 29.5 Å². The fourth-order valence-corrected chi connectivity index (χ4v) is 3.50. The smallest absolute Gasteiger partial charge is 0.252 e. The van der Waals surface area contributed by atoms with Crippen LogP contribution in [-0.4, -0.2) is 17.9 Å². The van der Waals surface area contributed by atoms with Crippen LogP contribution < -0.4 is 16.4 Å². The molecule has 5 nitrogen and oxygen atoms in total. The Morgan fingerprint density at radius 2 is 1.58 bits per heavy atom. The molecule has 1 aliphatic rings. The Kier molecular flexibility index (Phi) is 6.91. The molecule has 166 valence electrons. The quantitative estimate of drug-likeness (QED) is 0.252. The molecule has 0 radical (unpaired) electrons. The van der Waals surface area contributed by atoms with Crippen molar-refractivity contribution in [2.24, 2.45) is 0 Å². The molecule has 0 spiro atoms. The lowest BCUT2D eigenvalue weighted by Gasteiger charge is -2.11. The Hall–Kier alpha value is -3.83. The monoisotopic (exact) mass is 457 g/mol. The van der Waals surface area contributed by atoms with Gasteiger partial charge in [0.25, 0.3) is 5.91 Å². The van der Waals surface area contributed by atoms with Gasteiger partial charge in [-0.3, -0.25) is 9.59 Å². The first kappa shape index (κ1) is 22.4. The SMILES string of the molecule is Nc1ccccc1NC(=O)/C=C/c1ccc(C=C(C(=O)NC2CC2)c2ccccc2Cl)cc1. The van der Waals surface area contributed by atoms with Crippen molar-refractivity contribution in [1.29, 1.82) is 0 Å². The molecule has 6 heteroatoms. The van der Waals surface area contributed by atoms with E-state index in [0.29, 0.717) is 27.5 Å². The number of nitrogens with two attached hydrogens (primary N) is 1. The highest BCUT2D eigenvalue weighted by Crippen LogP contribution is 2.28. The van der Waals surface area contributed by atoms with Crippen LogP contribution in [0.15, 0.2) is 78.9 Å². The number of nitrogens with one attached hydrogen (secondary N) is 2. The number of anilines is 2. The molecule has 4 N–H and O–H groups in total. The molecule has 0 unspecified atom stereocenters. The maximum Gasteiger partial charge on any atom is 0.252 e. The maximum absolute atomic E-state index is 12.9. The molecule has 0 bridgehead atoms. The molecule has 2 amide bonds. The lowest BCUT2D eigenvalue weighted by molar-refractivity contribution is -0.115. The second-order valence-corrected chi connectivity index (χ2v) is 8.27. The lowest BCUT2D eigenvalue weighted by atomic mass is 10.0. The van der Waals surface area contributed by atoms with E-state index in [4.69, 9.17) is 17.3 Å². The van der Waals surface area contributed by atoms with Crippen molar-refractivity contribution >= 4 is 52.5 Å². The number of para-hydroxylation sites is 2. The molecule has 0 atom stereocenters. The molecule has 4 rings (SSSR count). The molecule has 0 heterocycles. The van der Waals surface area contributed by atoms with Gasteiger partial charge in [0.1, 0.15) is 0 Å². The highest BCUT2D eigenvalue weighted by Gasteiger charge is 2.25. The van der Waals surface area contributed by atoms with Crippen LogP contribution in [0.25, 0.3) is 17.7 Å². The van der Waals surface area contributed by atoms with Crippen molar-refractivity contribution < 1.29 is 9.59 Å². The van der Waals surface area contributed by atoms with Crippen molar-refractivity contribution in [2.75, 3.05) is 11.1 Å². The third-order valence-corrected chi connectivity index (χ3v) is 5.54. The second-order valence-electron chi connectivity index (χ2n) is 7.86. The zero-order chi connectivity index (χ0) is 23.2. The number of amides is 2. The van der Waals surface area contributed by atoms with E-state index < -0.39 is 0 Å². The number of rotatable bonds is 7. The highest BCUT2D eigenvalue weighted by molar-refractivity contribution is 6.36. The van der Waals surface area contributed by atoms with Crippen LogP contribution in [-0.2, 0) is 9.59 Å². The molecule has 1 fully saturated rings. The molecule has 0 aromatic heterocycles. The average molecular weight is 458 g/mol. The summed E-state index contributed by atoms with van der Waals surface area (Å²) < 4.78 is 0. The third kappa shape index (κ3) is 6.11. The minimum atomic E-state index is -0.269. The van der Waals surface area contributed by atoms with Gasteiger partial charge in [0, 0.05) is 28.3 Å². The highest BCUT2D eigenvalue weighted by atomic mass is 35.5. The van der Waals surface area contributed by atoms with E-state index in [1.165, 1.54) is 6.08 Å². The van der Waals surface area contributed by atoms with Gasteiger partial charge in [0.15, 0.2) is 0 Å². The molecular formula is C27H24ClN3O2. The normalized spacial score (nSPS) is 13.7. The molecule has 3 aromatic rings. The fraction of sp³-hybridized carbons (Fsp3) is 0.111. The van der Waals surface area contributed by atoms with Crippen LogP contribution in [0.3, 0.4) is 0 Å². The number of benzene rings is 3. The first-order valence-corrected chi connectivity index (χ1v) is 11.1. The molecule has 0 aliphatic heterocycles. The van der Waals surface area contributed by atoms with Crippen molar-refractivity contribution in [3.8, 4) is 0 Å². The fourth-order valence-electron chi connectivity index (χ4n) is 3.26. The minimum absolute atomic E-state index is 0.133. The van der Waals surface area contributed by atoms with E-state index in [2.05, 4.69) is 10.6 Å². The lowest BCUT2D eigenvalue weighted by Crippen LogP contribution is -2.26. The van der Waals surface area contributed by atoms with Gasteiger partial charge in [0.2, 0.25) is 5.91 Å². The van der Waals surface area contributed by atoms with E-state index in [1.807, 2.05) is 60.7 Å². The Bertz CT molecular complexity index is 1230. The molecule has 33 heavy (non-hydrogen) atoms. The standard InChI is InChI=1S/C27H24ClN3O2/c28-23-6-2-1-5-21(23)22(27(33)30-20-14-15-20)17-19-11-9-18(10-12-19)13-16-26(32)31-25-8-4-3-7-24(25)29/h1-13,16-17,20H,14-15,29H2,(H,30,33)(H,31,32)/b16-13+,22-17?. The molecule has 1 saturated carbocycles. The summed E-state index contributed by atoms with van der Waals surface area (Å²) in [6.07, 6.45) is 7.02. The summed E-state index contributed by atoms with van der Waals surface area (Å²) in [4.78, 5) is 25.1. The zero-order valence-electron chi connectivity index (χ0n) is 17.9. The van der Waals surface area contributed by atoms with Gasteiger partial charge in [-0.1, -0.05) is 66.2 Å². The van der Waals surface area contributed by atoms with Crippen molar-refractivity contribution in [1.82, 2.24) is 5.32 Å². The first-order chi connectivity index (χ1) is 16.0. The number of hydrogen-bond acceptors (Lipinski definition) is 3. The Labute approximate surface area is 198 Å². The van der Waals surface area contributed by atoms with E-state index in [-0.39, 0.29) is 17.9 Å². The van der Waals surface area contributed by atoms with E-state index in [0.717, 1.165) is 24.0 Å². The third-order valence-electron chi connectivity index (χ3n) is 5.21.